The molecule has 0 aliphatic rings. The molecule has 176 valence electrons. The van der Waals surface area contributed by atoms with Crippen molar-refractivity contribution in [1.82, 2.24) is 4.90 Å². The van der Waals surface area contributed by atoms with Crippen LogP contribution >= 0.6 is 0 Å². The first-order valence-electron chi connectivity index (χ1n) is 11.2. The summed E-state index contributed by atoms with van der Waals surface area (Å²) in [6.07, 6.45) is 1.28. The quantitative estimate of drug-likeness (QED) is 0.496. The summed E-state index contributed by atoms with van der Waals surface area (Å²) in [5, 5.41) is 9.45. The van der Waals surface area contributed by atoms with Crippen molar-refractivity contribution in [3.8, 4) is 5.75 Å². The van der Waals surface area contributed by atoms with Gasteiger partial charge in [0.15, 0.2) is 0 Å². The lowest BCUT2D eigenvalue weighted by molar-refractivity contribution is 0.297. The summed E-state index contributed by atoms with van der Waals surface area (Å²) in [6, 6.07) is 15.5. The third-order valence-electron chi connectivity index (χ3n) is 4.79. The van der Waals surface area contributed by atoms with Crippen LogP contribution < -0.4 is 5.73 Å². The van der Waals surface area contributed by atoms with Gasteiger partial charge in [0.05, 0.1) is 0 Å². The van der Waals surface area contributed by atoms with E-state index in [-0.39, 0.29) is 10.8 Å². The number of nitrogen functional groups attached to an aromatic ring is 1. The van der Waals surface area contributed by atoms with Crippen molar-refractivity contribution in [2.75, 3.05) is 26.4 Å². The first-order valence-corrected chi connectivity index (χ1v) is 11.2. The van der Waals surface area contributed by atoms with Crippen LogP contribution in [0.2, 0.25) is 0 Å². The Morgan fingerprint density at radius 1 is 0.710 bits per heavy atom. The molecule has 3 N–H and O–H groups in total. The number of phenolic OH excluding ortho intramolecular Hbond substituents is 1. The lowest BCUT2D eigenvalue weighted by Crippen LogP contribution is -2.19. The normalized spacial score (nSPS) is 11.9. The predicted molar refractivity (Wildman–Crippen MR) is 139 cm³/mol. The van der Waals surface area contributed by atoms with Gasteiger partial charge < -0.3 is 15.7 Å². The Morgan fingerprint density at radius 3 is 1.39 bits per heavy atom. The summed E-state index contributed by atoms with van der Waals surface area (Å²) in [7, 11) is 4.23. The Hall–Kier alpha value is -2.00. The first kappa shape index (κ1) is 29.0. The Balaban J connectivity index is 0.000000439. The second kappa shape index (κ2) is 12.1. The van der Waals surface area contributed by atoms with Gasteiger partial charge in [0.1, 0.15) is 5.75 Å². The summed E-state index contributed by atoms with van der Waals surface area (Å²) < 4.78 is 0. The van der Waals surface area contributed by atoms with Crippen molar-refractivity contribution >= 4 is 5.69 Å². The second-order valence-electron chi connectivity index (χ2n) is 11.7. The summed E-state index contributed by atoms with van der Waals surface area (Å²) in [5.41, 5.74) is 9.60. The number of hydrogen-bond donors (Lipinski definition) is 2. The van der Waals surface area contributed by atoms with Crippen molar-refractivity contribution in [3.05, 3.63) is 59.7 Å². The van der Waals surface area contributed by atoms with Crippen molar-refractivity contribution in [2.45, 2.75) is 79.6 Å². The van der Waals surface area contributed by atoms with Crippen LogP contribution in [-0.2, 0) is 10.8 Å². The number of anilines is 1. The Morgan fingerprint density at radius 2 is 1.13 bits per heavy atom. The fraction of sp³-hybridized carbons (Fsp3) is 0.571. The highest BCUT2D eigenvalue weighted by Gasteiger charge is 2.16. The van der Waals surface area contributed by atoms with Crippen LogP contribution in [0.3, 0.4) is 0 Å². The molecule has 0 spiro atoms. The lowest BCUT2D eigenvalue weighted by atomic mass is 9.86. The Labute approximate surface area is 192 Å². The number of phenols is 1. The van der Waals surface area contributed by atoms with E-state index in [9.17, 15) is 5.11 Å². The monoisotopic (exact) mass is 428 g/mol. The molecule has 0 atom stereocenters. The number of aromatic hydroxyl groups is 1. The summed E-state index contributed by atoms with van der Waals surface area (Å²) in [5.74, 6) is 0.389. The minimum absolute atomic E-state index is 0.0331. The van der Waals surface area contributed by atoms with Gasteiger partial charge in [-0.15, -0.1) is 0 Å². The third-order valence-corrected chi connectivity index (χ3v) is 4.79. The standard InChI is InChI=1S/C10H15N.C10H14O.C8H19N/c2*1-10(2,3)8-6-4-5-7-9(8)11;1-8(2,3)6-7-9(4)5/h4-7H,11H2,1-3H3;4-7,11H,1-3H3;6-7H2,1-5H3. The van der Waals surface area contributed by atoms with Gasteiger partial charge in [-0.2, -0.15) is 0 Å². The molecule has 0 aliphatic heterocycles. The van der Waals surface area contributed by atoms with Gasteiger partial charge in [-0.05, 0) is 66.6 Å². The zero-order chi connectivity index (χ0) is 24.5. The SMILES string of the molecule is CC(C)(C)c1ccccc1N.CC(C)(C)c1ccccc1O.CN(C)CCC(C)(C)C. The van der Waals surface area contributed by atoms with Gasteiger partial charge in [0, 0.05) is 5.69 Å². The topological polar surface area (TPSA) is 49.5 Å². The lowest BCUT2D eigenvalue weighted by Gasteiger charge is -2.20. The van der Waals surface area contributed by atoms with Crippen molar-refractivity contribution in [3.63, 3.8) is 0 Å². The average molecular weight is 429 g/mol. The van der Waals surface area contributed by atoms with E-state index in [0.717, 1.165) is 11.3 Å². The maximum atomic E-state index is 9.45. The van der Waals surface area contributed by atoms with E-state index in [2.05, 4.69) is 87.4 Å². The van der Waals surface area contributed by atoms with Crippen molar-refractivity contribution in [2.24, 2.45) is 5.41 Å². The van der Waals surface area contributed by atoms with Gasteiger partial charge in [-0.1, -0.05) is 98.7 Å². The molecule has 2 aromatic rings. The third kappa shape index (κ3) is 13.1. The van der Waals surface area contributed by atoms with E-state index in [4.69, 9.17) is 5.73 Å². The van der Waals surface area contributed by atoms with Gasteiger partial charge in [0.2, 0.25) is 0 Å². The van der Waals surface area contributed by atoms with E-state index in [0.29, 0.717) is 11.2 Å². The number of rotatable bonds is 2. The van der Waals surface area contributed by atoms with Crippen LogP contribution in [0.4, 0.5) is 5.69 Å². The number of benzene rings is 2. The highest BCUT2D eigenvalue weighted by Crippen LogP contribution is 2.29. The minimum Gasteiger partial charge on any atom is -0.508 e. The van der Waals surface area contributed by atoms with E-state index >= 15 is 0 Å². The average Bonchev–Trinajstić information content (AvgIpc) is 2.59. The fourth-order valence-corrected chi connectivity index (χ4v) is 2.85. The van der Waals surface area contributed by atoms with Crippen molar-refractivity contribution < 1.29 is 5.11 Å². The molecule has 0 aliphatic carbocycles. The molecule has 0 heterocycles. The number of nitrogens with zero attached hydrogens (tertiary/aromatic N) is 1. The molecule has 0 unspecified atom stereocenters. The molecular weight excluding hydrogens is 380 g/mol. The Bertz CT molecular complexity index is 704. The van der Waals surface area contributed by atoms with Gasteiger partial charge >= 0.3 is 0 Å². The van der Waals surface area contributed by atoms with E-state index in [1.54, 1.807) is 6.07 Å². The fourth-order valence-electron chi connectivity index (χ4n) is 2.85. The maximum Gasteiger partial charge on any atom is 0.119 e. The van der Waals surface area contributed by atoms with Crippen LogP contribution in [0, 0.1) is 5.41 Å². The van der Waals surface area contributed by atoms with Crippen LogP contribution in [0.1, 0.15) is 79.9 Å². The highest BCUT2D eigenvalue weighted by molar-refractivity contribution is 5.49. The molecule has 0 bridgehead atoms. The highest BCUT2D eigenvalue weighted by atomic mass is 16.3. The van der Waals surface area contributed by atoms with E-state index in [1.165, 1.54) is 18.5 Å². The molecule has 31 heavy (non-hydrogen) atoms. The number of para-hydroxylation sites is 2. The van der Waals surface area contributed by atoms with Gasteiger partial charge in [-0.25, -0.2) is 0 Å². The summed E-state index contributed by atoms with van der Waals surface area (Å²) in [6.45, 7) is 20.8. The van der Waals surface area contributed by atoms with Crippen LogP contribution in [0.25, 0.3) is 0 Å². The zero-order valence-corrected chi connectivity index (χ0v) is 22.0. The molecule has 3 heteroatoms. The smallest absolute Gasteiger partial charge is 0.119 e. The van der Waals surface area contributed by atoms with Gasteiger partial charge in [0.25, 0.3) is 0 Å². The Kier molecular flexibility index (Phi) is 11.4. The van der Waals surface area contributed by atoms with Crippen LogP contribution in [0.5, 0.6) is 5.75 Å². The molecule has 0 saturated carbocycles. The van der Waals surface area contributed by atoms with E-state index in [1.807, 2.05) is 36.4 Å². The summed E-state index contributed by atoms with van der Waals surface area (Å²) >= 11 is 0. The van der Waals surface area contributed by atoms with Crippen LogP contribution in [-0.4, -0.2) is 30.6 Å². The second-order valence-corrected chi connectivity index (χ2v) is 11.7. The van der Waals surface area contributed by atoms with E-state index < -0.39 is 0 Å². The molecular formula is C28H48N2O. The number of nitrogens with two attached hydrogens (primary N) is 1. The minimum atomic E-state index is 0.0331. The molecule has 0 saturated heterocycles. The first-order chi connectivity index (χ1) is 13.9. The molecule has 0 radical (unpaired) electrons. The molecule has 0 aromatic heterocycles. The summed E-state index contributed by atoms with van der Waals surface area (Å²) in [4.78, 5) is 2.23. The van der Waals surface area contributed by atoms with Gasteiger partial charge in [-0.3, -0.25) is 0 Å². The molecule has 0 fully saturated rings. The van der Waals surface area contributed by atoms with Crippen LogP contribution in [0.15, 0.2) is 48.5 Å². The maximum absolute atomic E-state index is 9.45. The predicted octanol–water partition coefficient (Wildman–Crippen LogP) is 7.24. The molecule has 2 rings (SSSR count). The van der Waals surface area contributed by atoms with Crippen molar-refractivity contribution in [1.29, 1.82) is 0 Å². The zero-order valence-electron chi connectivity index (χ0n) is 22.0. The molecule has 3 nitrogen and oxygen atoms in total. The molecule has 2 aromatic carbocycles. The number of hydrogen-bond acceptors (Lipinski definition) is 3. The largest absolute Gasteiger partial charge is 0.508 e. The molecule has 0 amide bonds.